The number of aliphatic carboxylic acids is 1. The van der Waals surface area contributed by atoms with Crippen molar-refractivity contribution in [2.45, 2.75) is 39.2 Å². The van der Waals surface area contributed by atoms with Gasteiger partial charge in [-0.15, -0.1) is 0 Å². The van der Waals surface area contributed by atoms with E-state index in [1.807, 2.05) is 6.92 Å². The molecule has 2 atom stereocenters. The predicted molar refractivity (Wildman–Crippen MR) is 72.7 cm³/mol. The molecule has 1 aliphatic rings. The molecule has 0 aliphatic carbocycles. The zero-order valence-electron chi connectivity index (χ0n) is 12.2. The summed E-state index contributed by atoms with van der Waals surface area (Å²) in [6.45, 7) is 4.48. The smallest absolute Gasteiger partial charge is 0.317 e. The minimum absolute atomic E-state index is 0.0782. The van der Waals surface area contributed by atoms with Gasteiger partial charge in [0.05, 0.1) is 5.92 Å². The predicted octanol–water partition coefficient (Wildman–Crippen LogP) is 0.815. The number of urea groups is 1. The van der Waals surface area contributed by atoms with Gasteiger partial charge in [-0.3, -0.25) is 4.79 Å². The average molecular weight is 296 g/mol. The van der Waals surface area contributed by atoms with E-state index in [0.29, 0.717) is 44.1 Å². The van der Waals surface area contributed by atoms with Gasteiger partial charge in [0.1, 0.15) is 0 Å². The number of likely N-dealkylation sites (tertiary alicyclic amines) is 1. The Balaban J connectivity index is 1.77. The summed E-state index contributed by atoms with van der Waals surface area (Å²) in [5.74, 6) is -0.0785. The van der Waals surface area contributed by atoms with Crippen LogP contribution in [0.25, 0.3) is 0 Å². The van der Waals surface area contributed by atoms with Crippen molar-refractivity contribution in [2.75, 3.05) is 13.1 Å². The van der Waals surface area contributed by atoms with E-state index in [9.17, 15) is 9.59 Å². The second-order valence-corrected chi connectivity index (χ2v) is 5.32. The molecule has 1 fully saturated rings. The second-order valence-electron chi connectivity index (χ2n) is 5.32. The summed E-state index contributed by atoms with van der Waals surface area (Å²) >= 11 is 0. The maximum absolute atomic E-state index is 12.1. The molecule has 1 aromatic heterocycles. The third-order valence-electron chi connectivity index (χ3n) is 3.67. The van der Waals surface area contributed by atoms with Crippen molar-refractivity contribution in [3.63, 3.8) is 0 Å². The quantitative estimate of drug-likeness (QED) is 0.851. The standard InChI is InChI=1S/C13H20N4O4/c1-8-7-10(12(18)19)4-6-17(8)13(20)14-5-3-11-15-9(2)16-21-11/h8,10H,3-7H2,1-2H3,(H,14,20)(H,18,19). The Morgan fingerprint density at radius 1 is 1.52 bits per heavy atom. The Morgan fingerprint density at radius 2 is 2.29 bits per heavy atom. The van der Waals surface area contributed by atoms with E-state index in [-0.39, 0.29) is 18.0 Å². The van der Waals surface area contributed by atoms with E-state index < -0.39 is 5.97 Å². The monoisotopic (exact) mass is 296 g/mol. The number of nitrogens with one attached hydrogen (secondary N) is 1. The Kier molecular flexibility index (Phi) is 4.77. The Bertz CT molecular complexity index is 516. The van der Waals surface area contributed by atoms with Gasteiger partial charge < -0.3 is 19.8 Å². The van der Waals surface area contributed by atoms with E-state index in [0.717, 1.165) is 0 Å². The van der Waals surface area contributed by atoms with E-state index in [1.165, 1.54) is 0 Å². The molecular weight excluding hydrogens is 276 g/mol. The number of carbonyl (C=O) groups excluding carboxylic acids is 1. The van der Waals surface area contributed by atoms with Gasteiger partial charge in [-0.2, -0.15) is 4.98 Å². The number of amides is 2. The molecular formula is C13H20N4O4. The third-order valence-corrected chi connectivity index (χ3v) is 3.67. The number of hydrogen-bond donors (Lipinski definition) is 2. The molecule has 2 N–H and O–H groups in total. The summed E-state index contributed by atoms with van der Waals surface area (Å²) in [6.07, 6.45) is 1.47. The highest BCUT2D eigenvalue weighted by Gasteiger charge is 2.32. The molecule has 1 aliphatic heterocycles. The zero-order chi connectivity index (χ0) is 15.4. The number of carbonyl (C=O) groups is 2. The van der Waals surface area contributed by atoms with Crippen LogP contribution in [-0.4, -0.2) is 51.3 Å². The first-order valence-electron chi connectivity index (χ1n) is 7.04. The number of hydrogen-bond acceptors (Lipinski definition) is 5. The van der Waals surface area contributed by atoms with Crippen molar-refractivity contribution in [1.82, 2.24) is 20.4 Å². The number of carboxylic acids is 1. The number of rotatable bonds is 4. The van der Waals surface area contributed by atoms with Crippen LogP contribution in [0.1, 0.15) is 31.5 Å². The molecule has 2 heterocycles. The maximum atomic E-state index is 12.1. The minimum Gasteiger partial charge on any atom is -0.481 e. The first-order chi connectivity index (χ1) is 9.97. The Labute approximate surface area is 122 Å². The highest BCUT2D eigenvalue weighted by Crippen LogP contribution is 2.22. The van der Waals surface area contributed by atoms with Crippen LogP contribution >= 0.6 is 0 Å². The molecule has 0 radical (unpaired) electrons. The summed E-state index contributed by atoms with van der Waals surface area (Å²) in [4.78, 5) is 28.8. The van der Waals surface area contributed by atoms with Crippen molar-refractivity contribution < 1.29 is 19.2 Å². The second kappa shape index (κ2) is 6.55. The first kappa shape index (κ1) is 15.3. The van der Waals surface area contributed by atoms with Crippen LogP contribution in [-0.2, 0) is 11.2 Å². The third kappa shape index (κ3) is 3.93. The lowest BCUT2D eigenvalue weighted by atomic mass is 9.92. The van der Waals surface area contributed by atoms with Gasteiger partial charge >= 0.3 is 12.0 Å². The van der Waals surface area contributed by atoms with E-state index >= 15 is 0 Å². The fourth-order valence-corrected chi connectivity index (χ4v) is 2.52. The Morgan fingerprint density at radius 3 is 2.86 bits per heavy atom. The van der Waals surface area contributed by atoms with Crippen molar-refractivity contribution >= 4 is 12.0 Å². The summed E-state index contributed by atoms with van der Waals surface area (Å²) < 4.78 is 4.96. The van der Waals surface area contributed by atoms with Crippen LogP contribution in [0.2, 0.25) is 0 Å². The lowest BCUT2D eigenvalue weighted by Crippen LogP contribution is -2.50. The van der Waals surface area contributed by atoms with Gasteiger partial charge in [-0.1, -0.05) is 5.16 Å². The molecule has 116 valence electrons. The van der Waals surface area contributed by atoms with Crippen molar-refractivity contribution in [1.29, 1.82) is 0 Å². The highest BCUT2D eigenvalue weighted by molar-refractivity contribution is 5.75. The molecule has 0 bridgehead atoms. The molecule has 2 unspecified atom stereocenters. The molecule has 0 saturated carbocycles. The van der Waals surface area contributed by atoms with Crippen molar-refractivity contribution in [2.24, 2.45) is 5.92 Å². The van der Waals surface area contributed by atoms with E-state index in [2.05, 4.69) is 15.5 Å². The summed E-state index contributed by atoms with van der Waals surface area (Å²) in [5.41, 5.74) is 0. The summed E-state index contributed by atoms with van der Waals surface area (Å²) in [5, 5.41) is 15.5. The fraction of sp³-hybridized carbons (Fsp3) is 0.692. The van der Waals surface area contributed by atoms with Gasteiger partial charge in [-0.05, 0) is 26.7 Å². The number of aryl methyl sites for hydroxylation is 1. The Hall–Kier alpha value is -2.12. The largest absolute Gasteiger partial charge is 0.481 e. The van der Waals surface area contributed by atoms with Crippen molar-refractivity contribution in [3.05, 3.63) is 11.7 Å². The van der Waals surface area contributed by atoms with E-state index in [4.69, 9.17) is 9.63 Å². The van der Waals surface area contributed by atoms with Crippen LogP contribution in [0, 0.1) is 12.8 Å². The van der Waals surface area contributed by atoms with Crippen LogP contribution in [0.3, 0.4) is 0 Å². The number of nitrogens with zero attached hydrogens (tertiary/aromatic N) is 3. The molecule has 2 amide bonds. The fourth-order valence-electron chi connectivity index (χ4n) is 2.52. The topological polar surface area (TPSA) is 109 Å². The molecule has 8 nitrogen and oxygen atoms in total. The van der Waals surface area contributed by atoms with Crippen LogP contribution in [0.15, 0.2) is 4.52 Å². The zero-order valence-corrected chi connectivity index (χ0v) is 12.2. The number of piperidine rings is 1. The van der Waals surface area contributed by atoms with Crippen LogP contribution in [0.4, 0.5) is 4.79 Å². The van der Waals surface area contributed by atoms with E-state index in [1.54, 1.807) is 11.8 Å². The number of carboxylic acid groups (broad SMARTS) is 1. The van der Waals surface area contributed by atoms with Gasteiger partial charge in [0.25, 0.3) is 0 Å². The molecule has 2 rings (SSSR count). The van der Waals surface area contributed by atoms with Gasteiger partial charge in [0, 0.05) is 25.6 Å². The molecule has 1 aromatic rings. The SMILES string of the molecule is Cc1noc(CCNC(=O)N2CCC(C(=O)O)CC2C)n1. The van der Waals surface area contributed by atoms with Crippen molar-refractivity contribution in [3.8, 4) is 0 Å². The molecule has 0 aromatic carbocycles. The summed E-state index contributed by atoms with van der Waals surface area (Å²) in [7, 11) is 0. The maximum Gasteiger partial charge on any atom is 0.317 e. The highest BCUT2D eigenvalue weighted by atomic mass is 16.5. The summed E-state index contributed by atoms with van der Waals surface area (Å²) in [6, 6.07) is -0.256. The lowest BCUT2D eigenvalue weighted by molar-refractivity contribution is -0.143. The molecule has 0 spiro atoms. The molecule has 1 saturated heterocycles. The average Bonchev–Trinajstić information content (AvgIpc) is 2.84. The van der Waals surface area contributed by atoms with Gasteiger partial charge in [0.2, 0.25) is 5.89 Å². The number of aromatic nitrogens is 2. The molecule has 8 heteroatoms. The lowest BCUT2D eigenvalue weighted by Gasteiger charge is -2.36. The molecule has 21 heavy (non-hydrogen) atoms. The normalized spacial score (nSPS) is 22.1. The van der Waals surface area contributed by atoms with Crippen LogP contribution < -0.4 is 5.32 Å². The minimum atomic E-state index is -0.784. The first-order valence-corrected chi connectivity index (χ1v) is 7.04. The van der Waals surface area contributed by atoms with Gasteiger partial charge in [-0.25, -0.2) is 4.79 Å². The van der Waals surface area contributed by atoms with Gasteiger partial charge in [0.15, 0.2) is 5.82 Å². The van der Waals surface area contributed by atoms with Crippen LogP contribution in [0.5, 0.6) is 0 Å².